The molecule has 0 aromatic carbocycles. The van der Waals surface area contributed by atoms with Gasteiger partial charge in [0.2, 0.25) is 0 Å². The molecule has 0 bridgehead atoms. The van der Waals surface area contributed by atoms with Crippen LogP contribution in [0.15, 0.2) is 12.1 Å². The maximum atomic E-state index is 11.8. The smallest absolute Gasteiger partial charge is 0.252 e. The molecule has 1 unspecified atom stereocenters. The molecule has 1 aromatic rings. The van der Waals surface area contributed by atoms with Crippen molar-refractivity contribution in [1.29, 1.82) is 0 Å². The Kier molecular flexibility index (Phi) is 4.36. The molecular formula is C11H14ClNO2S2. The summed E-state index contributed by atoms with van der Waals surface area (Å²) in [6.45, 7) is 0.544. The van der Waals surface area contributed by atoms with Gasteiger partial charge < -0.3 is 10.4 Å². The fraction of sp³-hybridized carbons (Fsp3) is 0.545. The zero-order valence-corrected chi connectivity index (χ0v) is 11.6. The molecule has 6 heteroatoms. The molecule has 94 valence electrons. The van der Waals surface area contributed by atoms with Gasteiger partial charge >= 0.3 is 0 Å². The van der Waals surface area contributed by atoms with E-state index in [9.17, 15) is 9.90 Å². The van der Waals surface area contributed by atoms with Crippen molar-refractivity contribution in [1.82, 2.24) is 5.32 Å². The van der Waals surface area contributed by atoms with Crippen LogP contribution in [0.25, 0.3) is 0 Å². The fourth-order valence-corrected chi connectivity index (χ4v) is 4.01. The number of amides is 1. The summed E-state index contributed by atoms with van der Waals surface area (Å²) in [7, 11) is 0. The number of nitrogens with one attached hydrogen (secondary N) is 1. The van der Waals surface area contributed by atoms with E-state index in [1.807, 2.05) is 12.1 Å². The highest BCUT2D eigenvalue weighted by Crippen LogP contribution is 2.27. The van der Waals surface area contributed by atoms with Crippen LogP contribution in [0.1, 0.15) is 11.3 Å². The lowest BCUT2D eigenvalue weighted by molar-refractivity contribution is -0.137. The second kappa shape index (κ2) is 5.61. The number of carbonyl (C=O) groups is 1. The summed E-state index contributed by atoms with van der Waals surface area (Å²) in [6, 6.07) is 3.81. The van der Waals surface area contributed by atoms with E-state index in [1.165, 1.54) is 11.3 Å². The number of hydrogen-bond acceptors (Lipinski definition) is 4. The molecule has 1 aliphatic heterocycles. The van der Waals surface area contributed by atoms with Crippen LogP contribution in [0.4, 0.5) is 0 Å². The van der Waals surface area contributed by atoms with E-state index >= 15 is 0 Å². The van der Waals surface area contributed by atoms with E-state index in [0.717, 1.165) is 21.4 Å². The van der Waals surface area contributed by atoms with Crippen molar-refractivity contribution in [3.63, 3.8) is 0 Å². The third-order valence-corrected chi connectivity index (χ3v) is 5.17. The van der Waals surface area contributed by atoms with Crippen molar-refractivity contribution in [2.75, 3.05) is 18.1 Å². The second-order valence-corrected chi connectivity index (χ2v) is 6.95. The quantitative estimate of drug-likeness (QED) is 0.891. The molecule has 3 nitrogen and oxygen atoms in total. The zero-order valence-electron chi connectivity index (χ0n) is 9.24. The molecule has 1 amide bonds. The van der Waals surface area contributed by atoms with Crippen LogP contribution in [-0.2, 0) is 11.2 Å². The molecule has 2 N–H and O–H groups in total. The van der Waals surface area contributed by atoms with E-state index in [2.05, 4.69) is 5.32 Å². The average Bonchev–Trinajstić information content (AvgIpc) is 2.89. The molecule has 1 aromatic heterocycles. The Balaban J connectivity index is 1.77. The first kappa shape index (κ1) is 13.2. The molecule has 0 spiro atoms. The predicted octanol–water partition coefficient (Wildman–Crippen LogP) is 1.93. The van der Waals surface area contributed by atoms with Gasteiger partial charge in [0.15, 0.2) is 5.60 Å². The summed E-state index contributed by atoms with van der Waals surface area (Å²) >= 11 is 8.95. The van der Waals surface area contributed by atoms with Crippen LogP contribution in [0.2, 0.25) is 4.34 Å². The molecule has 0 radical (unpaired) electrons. The van der Waals surface area contributed by atoms with Crippen LogP contribution in [0, 0.1) is 0 Å². The SMILES string of the molecule is O=C(NCCc1ccc(Cl)s1)C1(O)CCSC1. The third-order valence-electron chi connectivity index (χ3n) is 2.71. The molecular weight excluding hydrogens is 278 g/mol. The molecule has 0 saturated carbocycles. The van der Waals surface area contributed by atoms with Gasteiger partial charge in [0.25, 0.3) is 5.91 Å². The lowest BCUT2D eigenvalue weighted by atomic mass is 10.0. The molecule has 2 rings (SSSR count). The number of rotatable bonds is 4. The lowest BCUT2D eigenvalue weighted by Gasteiger charge is -2.19. The van der Waals surface area contributed by atoms with Crippen LogP contribution < -0.4 is 5.32 Å². The molecule has 1 saturated heterocycles. The molecule has 0 aliphatic carbocycles. The highest BCUT2D eigenvalue weighted by molar-refractivity contribution is 7.99. The monoisotopic (exact) mass is 291 g/mol. The highest BCUT2D eigenvalue weighted by Gasteiger charge is 2.39. The number of thiophene rings is 1. The van der Waals surface area contributed by atoms with Crippen LogP contribution >= 0.6 is 34.7 Å². The van der Waals surface area contributed by atoms with Crippen molar-refractivity contribution >= 4 is 40.6 Å². The Hall–Kier alpha value is -0.230. The molecule has 1 aliphatic rings. The predicted molar refractivity (Wildman–Crippen MR) is 72.9 cm³/mol. The normalized spacial score (nSPS) is 23.9. The van der Waals surface area contributed by atoms with Crippen molar-refractivity contribution in [2.24, 2.45) is 0 Å². The van der Waals surface area contributed by atoms with Gasteiger partial charge in [0, 0.05) is 17.2 Å². The van der Waals surface area contributed by atoms with Crippen LogP contribution in [0.3, 0.4) is 0 Å². The van der Waals surface area contributed by atoms with E-state index < -0.39 is 5.60 Å². The number of carbonyl (C=O) groups excluding carboxylic acids is 1. The minimum atomic E-state index is -1.15. The number of aliphatic hydroxyl groups is 1. The summed E-state index contributed by atoms with van der Waals surface area (Å²) in [6.07, 6.45) is 1.31. The van der Waals surface area contributed by atoms with Gasteiger partial charge in [0.05, 0.1) is 4.34 Å². The molecule has 1 atom stereocenters. The third kappa shape index (κ3) is 3.37. The van der Waals surface area contributed by atoms with E-state index in [1.54, 1.807) is 11.8 Å². The standard InChI is InChI=1S/C11H14ClNO2S2/c12-9-2-1-8(17-9)3-5-13-10(14)11(15)4-6-16-7-11/h1-2,15H,3-7H2,(H,13,14). The van der Waals surface area contributed by atoms with E-state index in [-0.39, 0.29) is 5.91 Å². The lowest BCUT2D eigenvalue weighted by Crippen LogP contribution is -2.47. The van der Waals surface area contributed by atoms with Crippen LogP contribution in [-0.4, -0.2) is 34.7 Å². The fourth-order valence-electron chi connectivity index (χ4n) is 1.68. The summed E-state index contributed by atoms with van der Waals surface area (Å²) in [4.78, 5) is 12.9. The minimum absolute atomic E-state index is 0.245. The van der Waals surface area contributed by atoms with Crippen molar-refractivity contribution in [3.05, 3.63) is 21.3 Å². The molecule has 17 heavy (non-hydrogen) atoms. The Labute approximate surface area is 114 Å². The van der Waals surface area contributed by atoms with Crippen LogP contribution in [0.5, 0.6) is 0 Å². The Morgan fingerprint density at radius 2 is 2.41 bits per heavy atom. The summed E-state index contributed by atoms with van der Waals surface area (Å²) in [5.74, 6) is 1.11. The van der Waals surface area contributed by atoms with E-state index in [0.29, 0.717) is 18.7 Å². The minimum Gasteiger partial charge on any atom is -0.379 e. The average molecular weight is 292 g/mol. The zero-order chi connectivity index (χ0) is 12.3. The molecule has 2 heterocycles. The van der Waals surface area contributed by atoms with Gasteiger partial charge in [-0.25, -0.2) is 0 Å². The van der Waals surface area contributed by atoms with Gasteiger partial charge in [-0.3, -0.25) is 4.79 Å². The first-order valence-corrected chi connectivity index (χ1v) is 7.78. The van der Waals surface area contributed by atoms with Crippen molar-refractivity contribution in [2.45, 2.75) is 18.4 Å². The second-order valence-electron chi connectivity index (χ2n) is 4.05. The number of hydrogen-bond donors (Lipinski definition) is 2. The summed E-state index contributed by atoms with van der Waals surface area (Å²) in [5.41, 5.74) is -1.15. The highest BCUT2D eigenvalue weighted by atomic mass is 35.5. The maximum Gasteiger partial charge on any atom is 0.252 e. The van der Waals surface area contributed by atoms with Gasteiger partial charge in [-0.15, -0.1) is 11.3 Å². The maximum absolute atomic E-state index is 11.8. The summed E-state index contributed by atoms with van der Waals surface area (Å²) < 4.78 is 0.761. The number of thioether (sulfide) groups is 1. The largest absolute Gasteiger partial charge is 0.379 e. The Morgan fingerprint density at radius 1 is 1.59 bits per heavy atom. The Morgan fingerprint density at radius 3 is 3.00 bits per heavy atom. The van der Waals surface area contributed by atoms with Gasteiger partial charge in [-0.05, 0) is 30.7 Å². The van der Waals surface area contributed by atoms with Gasteiger partial charge in [-0.2, -0.15) is 11.8 Å². The number of halogens is 1. The van der Waals surface area contributed by atoms with E-state index in [4.69, 9.17) is 11.6 Å². The van der Waals surface area contributed by atoms with Gasteiger partial charge in [0.1, 0.15) is 0 Å². The first-order valence-electron chi connectivity index (χ1n) is 5.43. The summed E-state index contributed by atoms with van der Waals surface area (Å²) in [5, 5.41) is 12.8. The molecule has 1 fully saturated rings. The van der Waals surface area contributed by atoms with Crippen molar-refractivity contribution < 1.29 is 9.90 Å². The first-order chi connectivity index (χ1) is 8.10. The topological polar surface area (TPSA) is 49.3 Å². The Bertz CT molecular complexity index is 402. The van der Waals surface area contributed by atoms with Crippen molar-refractivity contribution in [3.8, 4) is 0 Å². The van der Waals surface area contributed by atoms with Gasteiger partial charge in [-0.1, -0.05) is 11.6 Å².